The van der Waals surface area contributed by atoms with Crippen LogP contribution in [0.1, 0.15) is 24.2 Å². The fourth-order valence-corrected chi connectivity index (χ4v) is 3.34. The molecule has 1 atom stereocenters. The van der Waals surface area contributed by atoms with Gasteiger partial charge in [-0.1, -0.05) is 23.9 Å². The van der Waals surface area contributed by atoms with Crippen molar-refractivity contribution in [3.8, 4) is 17.1 Å². The van der Waals surface area contributed by atoms with E-state index in [1.807, 2.05) is 24.3 Å². The molecule has 0 radical (unpaired) electrons. The zero-order valence-corrected chi connectivity index (χ0v) is 17.1. The lowest BCUT2D eigenvalue weighted by molar-refractivity contribution is -0.115. The second-order valence-corrected chi connectivity index (χ2v) is 7.60. The number of rotatable bonds is 7. The highest BCUT2D eigenvalue weighted by atomic mass is 32.2. The Hall–Kier alpha value is -3.33. The van der Waals surface area contributed by atoms with Crippen LogP contribution in [0.25, 0.3) is 11.4 Å². The number of thioether (sulfide) groups is 1. The highest BCUT2D eigenvalue weighted by Crippen LogP contribution is 2.26. The average molecular weight is 411 g/mol. The van der Waals surface area contributed by atoms with Crippen molar-refractivity contribution in [3.63, 3.8) is 0 Å². The number of ether oxygens (including phenoxy) is 1. The fourth-order valence-electron chi connectivity index (χ4n) is 2.57. The molecule has 1 aromatic heterocycles. The lowest BCUT2D eigenvalue weighted by Gasteiger charge is -2.12. The molecule has 0 saturated heterocycles. The summed E-state index contributed by atoms with van der Waals surface area (Å²) in [5.41, 5.74) is 1.88. The van der Waals surface area contributed by atoms with Gasteiger partial charge < -0.3 is 15.9 Å². The van der Waals surface area contributed by atoms with Gasteiger partial charge in [-0.15, -0.1) is 10.2 Å². The normalized spacial score (nSPS) is 11.7. The van der Waals surface area contributed by atoms with E-state index in [1.54, 1.807) is 38.3 Å². The van der Waals surface area contributed by atoms with E-state index in [0.29, 0.717) is 22.2 Å². The molecule has 0 saturated carbocycles. The Bertz CT molecular complexity index is 1030. The Morgan fingerprint density at radius 3 is 2.55 bits per heavy atom. The van der Waals surface area contributed by atoms with E-state index >= 15 is 0 Å². The SMILES string of the molecule is COc1ccc(-c2nnc(S[C@H](C)C(=O)Nc3cccc(C(C)=O)c3)n2N)cc1. The maximum absolute atomic E-state index is 12.5. The number of methoxy groups -OCH3 is 1. The van der Waals surface area contributed by atoms with Crippen LogP contribution in [0.4, 0.5) is 5.69 Å². The molecule has 8 nitrogen and oxygen atoms in total. The quantitative estimate of drug-likeness (QED) is 0.349. The lowest BCUT2D eigenvalue weighted by Crippen LogP contribution is -2.23. The summed E-state index contributed by atoms with van der Waals surface area (Å²) >= 11 is 1.19. The molecule has 0 fully saturated rings. The Morgan fingerprint density at radius 1 is 1.17 bits per heavy atom. The van der Waals surface area contributed by atoms with Crippen molar-refractivity contribution < 1.29 is 14.3 Å². The number of carbonyl (C=O) groups is 2. The number of benzene rings is 2. The second-order valence-electron chi connectivity index (χ2n) is 6.29. The van der Waals surface area contributed by atoms with Crippen LogP contribution in [-0.4, -0.2) is 38.9 Å². The van der Waals surface area contributed by atoms with E-state index in [1.165, 1.54) is 23.4 Å². The molecule has 0 spiro atoms. The summed E-state index contributed by atoms with van der Waals surface area (Å²) in [6.07, 6.45) is 0. The molecule has 0 aliphatic carbocycles. The minimum absolute atomic E-state index is 0.0641. The highest BCUT2D eigenvalue weighted by molar-refractivity contribution is 8.00. The molecule has 0 unspecified atom stereocenters. The third-order valence-corrected chi connectivity index (χ3v) is 5.26. The maximum atomic E-state index is 12.5. The van der Waals surface area contributed by atoms with Gasteiger partial charge in [-0.25, -0.2) is 4.68 Å². The lowest BCUT2D eigenvalue weighted by atomic mass is 10.1. The van der Waals surface area contributed by atoms with Gasteiger partial charge in [0.05, 0.1) is 12.4 Å². The third-order valence-electron chi connectivity index (χ3n) is 4.20. The van der Waals surface area contributed by atoms with Crippen molar-refractivity contribution in [2.24, 2.45) is 0 Å². The van der Waals surface area contributed by atoms with E-state index in [2.05, 4.69) is 15.5 Å². The predicted molar refractivity (Wildman–Crippen MR) is 113 cm³/mol. The van der Waals surface area contributed by atoms with Crippen LogP contribution in [0.3, 0.4) is 0 Å². The topological polar surface area (TPSA) is 112 Å². The first-order valence-corrected chi connectivity index (χ1v) is 9.70. The number of nitrogen functional groups attached to an aromatic ring is 1. The minimum Gasteiger partial charge on any atom is -0.497 e. The Kier molecular flexibility index (Phi) is 6.18. The molecule has 0 bridgehead atoms. The van der Waals surface area contributed by atoms with Gasteiger partial charge in [-0.2, -0.15) is 0 Å². The van der Waals surface area contributed by atoms with Gasteiger partial charge >= 0.3 is 0 Å². The van der Waals surface area contributed by atoms with Crippen LogP contribution >= 0.6 is 11.8 Å². The monoisotopic (exact) mass is 411 g/mol. The van der Waals surface area contributed by atoms with Gasteiger partial charge in [0, 0.05) is 16.8 Å². The molecule has 150 valence electrons. The number of amides is 1. The number of hydrogen-bond donors (Lipinski definition) is 2. The summed E-state index contributed by atoms with van der Waals surface area (Å²) in [5, 5.41) is 11.0. The van der Waals surface area contributed by atoms with Crippen LogP contribution in [0.5, 0.6) is 5.75 Å². The van der Waals surface area contributed by atoms with Crippen molar-refractivity contribution in [2.45, 2.75) is 24.3 Å². The molecule has 3 rings (SSSR count). The van der Waals surface area contributed by atoms with Crippen LogP contribution < -0.4 is 15.9 Å². The first-order valence-electron chi connectivity index (χ1n) is 8.82. The van der Waals surface area contributed by atoms with Gasteiger partial charge in [-0.3, -0.25) is 9.59 Å². The van der Waals surface area contributed by atoms with E-state index < -0.39 is 5.25 Å². The number of anilines is 1. The van der Waals surface area contributed by atoms with Gasteiger partial charge in [0.2, 0.25) is 11.1 Å². The molecule has 1 heterocycles. The number of Topliss-reactive ketones (excluding diaryl/α,β-unsaturated/α-hetero) is 1. The fraction of sp³-hybridized carbons (Fsp3) is 0.200. The van der Waals surface area contributed by atoms with Gasteiger partial charge in [0.15, 0.2) is 11.6 Å². The van der Waals surface area contributed by atoms with Gasteiger partial charge in [-0.05, 0) is 50.2 Å². The van der Waals surface area contributed by atoms with E-state index in [-0.39, 0.29) is 11.7 Å². The van der Waals surface area contributed by atoms with Crippen molar-refractivity contribution in [1.82, 2.24) is 14.9 Å². The minimum atomic E-state index is -0.480. The third kappa shape index (κ3) is 4.75. The highest BCUT2D eigenvalue weighted by Gasteiger charge is 2.20. The summed E-state index contributed by atoms with van der Waals surface area (Å²) in [7, 11) is 1.60. The largest absolute Gasteiger partial charge is 0.497 e. The number of nitrogens with zero attached hydrogens (tertiary/aromatic N) is 3. The van der Waals surface area contributed by atoms with Gasteiger partial charge in [0.25, 0.3) is 0 Å². The molecule has 1 amide bonds. The number of ketones is 1. The molecule has 9 heteroatoms. The Balaban J connectivity index is 1.69. The standard InChI is InChI=1S/C20H21N5O3S/c1-12(26)15-5-4-6-16(11-15)22-19(27)13(2)29-20-24-23-18(25(20)21)14-7-9-17(28-3)10-8-14/h4-11,13H,21H2,1-3H3,(H,22,27)/t13-/m1/s1. The summed E-state index contributed by atoms with van der Waals surface area (Å²) in [6.45, 7) is 3.23. The number of carbonyl (C=O) groups excluding carboxylic acids is 2. The molecule has 2 aromatic carbocycles. The van der Waals surface area contributed by atoms with Crippen molar-refractivity contribution in [3.05, 3.63) is 54.1 Å². The Labute approximate surface area is 172 Å². The maximum Gasteiger partial charge on any atom is 0.237 e. The second kappa shape index (κ2) is 8.78. The van der Waals surface area contributed by atoms with Crippen LogP contribution in [0, 0.1) is 0 Å². The molecular formula is C20H21N5O3S. The number of nitrogens with one attached hydrogen (secondary N) is 1. The molecule has 29 heavy (non-hydrogen) atoms. The van der Waals surface area contributed by atoms with Crippen molar-refractivity contribution in [1.29, 1.82) is 0 Å². The smallest absolute Gasteiger partial charge is 0.237 e. The average Bonchev–Trinajstić information content (AvgIpc) is 3.08. The summed E-state index contributed by atoms with van der Waals surface area (Å²) in [4.78, 5) is 24.0. The summed E-state index contributed by atoms with van der Waals surface area (Å²) in [6, 6.07) is 14.1. The first kappa shape index (κ1) is 20.4. The number of nitrogens with two attached hydrogens (primary N) is 1. The number of hydrogen-bond acceptors (Lipinski definition) is 7. The molecule has 3 aromatic rings. The zero-order valence-electron chi connectivity index (χ0n) is 16.2. The van der Waals surface area contributed by atoms with Crippen LogP contribution in [0.15, 0.2) is 53.7 Å². The summed E-state index contributed by atoms with van der Waals surface area (Å²) in [5.74, 6) is 7.05. The van der Waals surface area contributed by atoms with Gasteiger partial charge in [0.1, 0.15) is 5.75 Å². The van der Waals surface area contributed by atoms with Crippen molar-refractivity contribution in [2.75, 3.05) is 18.3 Å². The number of aromatic nitrogens is 3. The van der Waals surface area contributed by atoms with E-state index in [9.17, 15) is 9.59 Å². The summed E-state index contributed by atoms with van der Waals surface area (Å²) < 4.78 is 6.50. The Morgan fingerprint density at radius 2 is 1.90 bits per heavy atom. The van der Waals surface area contributed by atoms with Crippen LogP contribution in [-0.2, 0) is 4.79 Å². The molecule has 0 aliphatic heterocycles. The van der Waals surface area contributed by atoms with Crippen molar-refractivity contribution >= 4 is 29.1 Å². The molecule has 3 N–H and O–H groups in total. The zero-order chi connectivity index (χ0) is 21.0. The molecule has 0 aliphatic rings. The predicted octanol–water partition coefficient (Wildman–Crippen LogP) is 2.99. The van der Waals surface area contributed by atoms with E-state index in [0.717, 1.165) is 11.3 Å². The van der Waals surface area contributed by atoms with E-state index in [4.69, 9.17) is 10.6 Å². The van der Waals surface area contributed by atoms with Crippen LogP contribution in [0.2, 0.25) is 0 Å². The molecular weight excluding hydrogens is 390 g/mol. The first-order chi connectivity index (χ1) is 13.9.